The first kappa shape index (κ1) is 21.8. The second-order valence-electron chi connectivity index (χ2n) is 7.01. The first-order valence-corrected chi connectivity index (χ1v) is 9.54. The maximum absolute atomic E-state index is 14.8. The lowest BCUT2D eigenvalue weighted by Crippen LogP contribution is -2.40. The number of nitrogens with two attached hydrogens (primary N) is 1. The maximum Gasteiger partial charge on any atom is 0.228 e. The molecule has 7 nitrogen and oxygen atoms in total. The summed E-state index contributed by atoms with van der Waals surface area (Å²) in [5.74, 6) is 4.37. The predicted octanol–water partition coefficient (Wildman–Crippen LogP) is 2.33. The number of ether oxygens (including phenoxy) is 1. The Kier molecular flexibility index (Phi) is 8.41. The van der Waals surface area contributed by atoms with Crippen molar-refractivity contribution in [2.45, 2.75) is 32.6 Å². The van der Waals surface area contributed by atoms with Gasteiger partial charge in [0.2, 0.25) is 5.91 Å². The first-order chi connectivity index (χ1) is 13.5. The Morgan fingerprint density at radius 3 is 2.75 bits per heavy atom. The number of pyridine rings is 1. The molecule has 154 valence electrons. The van der Waals surface area contributed by atoms with Crippen LogP contribution in [-0.2, 0) is 4.79 Å². The Hall–Kier alpha value is -2.45. The molecule has 0 aliphatic carbocycles. The van der Waals surface area contributed by atoms with Gasteiger partial charge in [0.05, 0.1) is 13.3 Å². The highest BCUT2D eigenvalue weighted by atomic mass is 19.1. The van der Waals surface area contributed by atoms with E-state index in [2.05, 4.69) is 27.2 Å². The van der Waals surface area contributed by atoms with Crippen molar-refractivity contribution in [1.82, 2.24) is 20.6 Å². The number of halogens is 1. The van der Waals surface area contributed by atoms with Gasteiger partial charge < -0.3 is 20.4 Å². The number of aromatic nitrogens is 1. The number of carbonyl (C=O) groups excluding carboxylic acids is 1. The van der Waals surface area contributed by atoms with Crippen LogP contribution in [0.25, 0.3) is 5.57 Å². The number of piperidine rings is 1. The molecule has 0 radical (unpaired) electrons. The number of hydrogen-bond donors (Lipinski definition) is 3. The fourth-order valence-corrected chi connectivity index (χ4v) is 3.06. The Morgan fingerprint density at radius 1 is 1.39 bits per heavy atom. The fraction of sp³-hybridized carbons (Fsp3) is 0.500. The number of nitrogens with one attached hydrogen (secondary N) is 2. The topological polar surface area (TPSA) is 92.5 Å². The van der Waals surface area contributed by atoms with Crippen molar-refractivity contribution in [2.75, 3.05) is 26.7 Å². The van der Waals surface area contributed by atoms with E-state index in [9.17, 15) is 9.18 Å². The molecule has 4 N–H and O–H groups in total. The molecule has 1 amide bonds. The maximum atomic E-state index is 14.8. The molecule has 1 atom stereocenters. The van der Waals surface area contributed by atoms with Crippen molar-refractivity contribution < 1.29 is 13.9 Å². The molecule has 1 aromatic heterocycles. The van der Waals surface area contributed by atoms with Crippen molar-refractivity contribution in [3.63, 3.8) is 0 Å². The highest BCUT2D eigenvalue weighted by Crippen LogP contribution is 2.25. The second-order valence-corrected chi connectivity index (χ2v) is 7.01. The van der Waals surface area contributed by atoms with E-state index in [1.807, 2.05) is 6.92 Å². The third kappa shape index (κ3) is 6.03. The highest BCUT2D eigenvalue weighted by Gasteiger charge is 2.20. The summed E-state index contributed by atoms with van der Waals surface area (Å²) >= 11 is 0. The number of rotatable bonds is 9. The Morgan fingerprint density at radius 2 is 2.11 bits per heavy atom. The number of allylic oxidation sites excluding steroid dienone is 2. The minimum Gasteiger partial charge on any atom is -0.495 e. The van der Waals surface area contributed by atoms with Crippen LogP contribution in [0.5, 0.6) is 5.75 Å². The molecular weight excluding hydrogens is 361 g/mol. The van der Waals surface area contributed by atoms with Gasteiger partial charge in [-0.3, -0.25) is 9.78 Å². The third-order valence-corrected chi connectivity index (χ3v) is 4.95. The third-order valence-electron chi connectivity index (χ3n) is 4.95. The summed E-state index contributed by atoms with van der Waals surface area (Å²) in [7, 11) is 1.49. The van der Waals surface area contributed by atoms with E-state index in [-0.39, 0.29) is 23.2 Å². The standard InChI is InChI=1S/C20H30FN5O2/c1-14(7-10-26-8-5-4-6-9-26)20(27)24-19(25-22)18(21)15(2)16-11-17(28-3)13-23-12-16/h11-14,25H,2,4-10,22H2,1,3H3,(H,24,27)/b19-18+. The van der Waals surface area contributed by atoms with E-state index < -0.39 is 5.83 Å². The average molecular weight is 391 g/mol. The number of hydrogen-bond acceptors (Lipinski definition) is 6. The molecule has 1 fully saturated rings. The number of likely N-dealkylation sites (tertiary alicyclic amines) is 1. The minimum atomic E-state index is -0.755. The molecule has 1 saturated heterocycles. The molecule has 0 spiro atoms. The monoisotopic (exact) mass is 391 g/mol. The SMILES string of the molecule is C=C(/C(F)=C(\NN)NC(=O)C(C)CCN1CCCCC1)c1cncc(OC)c1. The predicted molar refractivity (Wildman–Crippen MR) is 107 cm³/mol. The van der Waals surface area contributed by atoms with E-state index in [1.54, 1.807) is 6.07 Å². The first-order valence-electron chi connectivity index (χ1n) is 9.54. The van der Waals surface area contributed by atoms with Crippen LogP contribution < -0.4 is 21.3 Å². The van der Waals surface area contributed by atoms with Gasteiger partial charge in [0.1, 0.15) is 5.75 Å². The summed E-state index contributed by atoms with van der Waals surface area (Å²) in [6.45, 7) is 8.57. The highest BCUT2D eigenvalue weighted by molar-refractivity contribution is 5.82. The molecule has 1 aliphatic heterocycles. The number of amides is 1. The minimum absolute atomic E-state index is 0.0422. The lowest BCUT2D eigenvalue weighted by Gasteiger charge is -2.27. The number of carbonyl (C=O) groups is 1. The zero-order valence-corrected chi connectivity index (χ0v) is 16.6. The van der Waals surface area contributed by atoms with Crippen LogP contribution in [0.3, 0.4) is 0 Å². The van der Waals surface area contributed by atoms with Gasteiger partial charge in [-0.15, -0.1) is 0 Å². The molecule has 1 aliphatic rings. The van der Waals surface area contributed by atoms with E-state index in [0.29, 0.717) is 17.7 Å². The molecule has 0 aromatic carbocycles. The fourth-order valence-electron chi connectivity index (χ4n) is 3.06. The summed E-state index contributed by atoms with van der Waals surface area (Å²) in [5, 5.41) is 2.53. The van der Waals surface area contributed by atoms with Crippen LogP contribution in [0.4, 0.5) is 4.39 Å². The van der Waals surface area contributed by atoms with Gasteiger partial charge in [0, 0.05) is 23.3 Å². The molecule has 1 unspecified atom stereocenters. The van der Waals surface area contributed by atoms with Gasteiger partial charge in [0.15, 0.2) is 11.6 Å². The van der Waals surface area contributed by atoms with E-state index in [1.165, 1.54) is 38.8 Å². The summed E-state index contributed by atoms with van der Waals surface area (Å²) in [6, 6.07) is 1.60. The Labute approximate surface area is 165 Å². The average Bonchev–Trinajstić information content (AvgIpc) is 2.75. The second kappa shape index (κ2) is 10.8. The van der Waals surface area contributed by atoms with E-state index in [0.717, 1.165) is 19.6 Å². The number of nitrogens with zero attached hydrogens (tertiary/aromatic N) is 2. The summed E-state index contributed by atoms with van der Waals surface area (Å²) in [4.78, 5) is 18.8. The zero-order valence-electron chi connectivity index (χ0n) is 16.6. The summed E-state index contributed by atoms with van der Waals surface area (Å²) < 4.78 is 19.9. The Balaban J connectivity index is 1.99. The van der Waals surface area contributed by atoms with Crippen LogP contribution in [0.1, 0.15) is 38.2 Å². The molecule has 2 heterocycles. The van der Waals surface area contributed by atoms with Crippen molar-refractivity contribution in [1.29, 1.82) is 0 Å². The molecule has 8 heteroatoms. The van der Waals surface area contributed by atoms with Gasteiger partial charge in [-0.1, -0.05) is 19.9 Å². The molecule has 0 bridgehead atoms. The van der Waals surface area contributed by atoms with Crippen LogP contribution in [0, 0.1) is 5.92 Å². The van der Waals surface area contributed by atoms with Gasteiger partial charge in [-0.05, 0) is 45.0 Å². The lowest BCUT2D eigenvalue weighted by molar-refractivity contribution is -0.124. The quantitative estimate of drug-likeness (QED) is 0.340. The van der Waals surface area contributed by atoms with Crippen molar-refractivity contribution in [2.24, 2.45) is 11.8 Å². The number of hydrazine groups is 1. The van der Waals surface area contributed by atoms with E-state index >= 15 is 0 Å². The molecule has 28 heavy (non-hydrogen) atoms. The van der Waals surface area contributed by atoms with Crippen LogP contribution in [0.15, 0.2) is 36.7 Å². The van der Waals surface area contributed by atoms with Gasteiger partial charge in [-0.2, -0.15) is 0 Å². The van der Waals surface area contributed by atoms with Crippen molar-refractivity contribution in [3.05, 3.63) is 42.3 Å². The van der Waals surface area contributed by atoms with Gasteiger partial charge in [0.25, 0.3) is 0 Å². The van der Waals surface area contributed by atoms with Crippen molar-refractivity contribution >= 4 is 11.5 Å². The van der Waals surface area contributed by atoms with Crippen molar-refractivity contribution in [3.8, 4) is 5.75 Å². The molecule has 1 aromatic rings. The van der Waals surface area contributed by atoms with Crippen LogP contribution >= 0.6 is 0 Å². The van der Waals surface area contributed by atoms with E-state index in [4.69, 9.17) is 10.6 Å². The smallest absolute Gasteiger partial charge is 0.228 e. The molecule has 2 rings (SSSR count). The normalized spacial score (nSPS) is 16.7. The largest absolute Gasteiger partial charge is 0.495 e. The van der Waals surface area contributed by atoms with Crippen LogP contribution in [0.2, 0.25) is 0 Å². The van der Waals surface area contributed by atoms with Gasteiger partial charge in [-0.25, -0.2) is 10.2 Å². The van der Waals surface area contributed by atoms with Gasteiger partial charge >= 0.3 is 0 Å². The zero-order chi connectivity index (χ0) is 20.5. The Bertz CT molecular complexity index is 716. The summed E-state index contributed by atoms with van der Waals surface area (Å²) in [5.41, 5.74) is 2.69. The number of methoxy groups -OCH3 is 1. The molecular formula is C20H30FN5O2. The lowest BCUT2D eigenvalue weighted by atomic mass is 10.0. The molecule has 0 saturated carbocycles. The summed E-state index contributed by atoms with van der Waals surface area (Å²) in [6.07, 6.45) is 7.35. The van der Waals surface area contributed by atoms with Crippen LogP contribution in [-0.4, -0.2) is 42.5 Å².